The molecule has 0 fully saturated rings. The third kappa shape index (κ3) is 3.76. The van der Waals surface area contributed by atoms with Gasteiger partial charge < -0.3 is 9.84 Å². The van der Waals surface area contributed by atoms with Gasteiger partial charge in [0.15, 0.2) is 0 Å². The topological polar surface area (TPSA) is 46.5 Å². The fraction of sp³-hybridized carbons (Fsp3) is 0.533. The van der Waals surface area contributed by atoms with E-state index >= 15 is 0 Å². The lowest BCUT2D eigenvalue weighted by atomic mass is 9.95. The molecule has 0 bridgehead atoms. The number of aliphatic carboxylic acids is 1. The molecule has 0 amide bonds. The van der Waals surface area contributed by atoms with Crippen LogP contribution in [0.3, 0.4) is 0 Å². The number of benzene rings is 1. The van der Waals surface area contributed by atoms with Gasteiger partial charge in [-0.3, -0.25) is 4.79 Å². The number of hydrogen-bond acceptors (Lipinski definition) is 2. The zero-order valence-electron chi connectivity index (χ0n) is 11.6. The van der Waals surface area contributed by atoms with Crippen molar-refractivity contribution in [2.24, 2.45) is 0 Å². The monoisotopic (exact) mass is 250 g/mol. The molecule has 0 saturated heterocycles. The molecule has 0 saturated carbocycles. The van der Waals surface area contributed by atoms with Gasteiger partial charge in [-0.1, -0.05) is 26.8 Å². The summed E-state index contributed by atoms with van der Waals surface area (Å²) in [6, 6.07) is 3.93. The SMILES string of the molecule is CCCOc1cc(C)c(CC(=O)O)cc1C(C)C. The normalized spacial score (nSPS) is 10.7. The Hall–Kier alpha value is -1.51. The first-order valence-corrected chi connectivity index (χ1v) is 6.43. The number of carboxylic acids is 1. The Kier molecular flexibility index (Phi) is 5.20. The Balaban J connectivity index is 3.12. The third-order valence-electron chi connectivity index (χ3n) is 2.89. The molecule has 0 atom stereocenters. The number of carbonyl (C=O) groups is 1. The first-order valence-electron chi connectivity index (χ1n) is 6.43. The molecule has 1 aromatic rings. The van der Waals surface area contributed by atoms with Crippen molar-refractivity contribution in [3.63, 3.8) is 0 Å². The molecule has 100 valence electrons. The van der Waals surface area contributed by atoms with E-state index in [1.54, 1.807) is 0 Å². The van der Waals surface area contributed by atoms with Crippen LogP contribution < -0.4 is 4.74 Å². The van der Waals surface area contributed by atoms with Crippen LogP contribution in [0.1, 0.15) is 49.8 Å². The predicted molar refractivity (Wildman–Crippen MR) is 72.4 cm³/mol. The molecule has 1 rings (SSSR count). The minimum absolute atomic E-state index is 0.0691. The van der Waals surface area contributed by atoms with E-state index in [1.807, 2.05) is 19.1 Å². The Morgan fingerprint density at radius 3 is 2.56 bits per heavy atom. The summed E-state index contributed by atoms with van der Waals surface area (Å²) in [4.78, 5) is 10.8. The second kappa shape index (κ2) is 6.43. The first-order chi connectivity index (χ1) is 8.45. The van der Waals surface area contributed by atoms with Crippen LogP contribution in [0.25, 0.3) is 0 Å². The lowest BCUT2D eigenvalue weighted by Gasteiger charge is -2.17. The molecular weight excluding hydrogens is 228 g/mol. The summed E-state index contributed by atoms with van der Waals surface area (Å²) < 4.78 is 5.74. The van der Waals surface area contributed by atoms with Gasteiger partial charge in [-0.15, -0.1) is 0 Å². The number of rotatable bonds is 6. The summed E-state index contributed by atoms with van der Waals surface area (Å²) in [5.74, 6) is 0.415. The molecule has 0 aliphatic carbocycles. The third-order valence-corrected chi connectivity index (χ3v) is 2.89. The highest BCUT2D eigenvalue weighted by molar-refractivity contribution is 5.71. The van der Waals surface area contributed by atoms with Crippen LogP contribution in [-0.4, -0.2) is 17.7 Å². The quantitative estimate of drug-likeness (QED) is 0.840. The van der Waals surface area contributed by atoms with Gasteiger partial charge in [-0.25, -0.2) is 0 Å². The summed E-state index contributed by atoms with van der Waals surface area (Å²) in [6.45, 7) is 8.88. The van der Waals surface area contributed by atoms with Crippen LogP contribution >= 0.6 is 0 Å². The van der Waals surface area contributed by atoms with Gasteiger partial charge in [-0.05, 0) is 42.0 Å². The average Bonchev–Trinajstić information content (AvgIpc) is 2.28. The molecule has 0 heterocycles. The van der Waals surface area contributed by atoms with Gasteiger partial charge in [0, 0.05) is 0 Å². The minimum Gasteiger partial charge on any atom is -0.493 e. The fourth-order valence-electron chi connectivity index (χ4n) is 1.89. The summed E-state index contributed by atoms with van der Waals surface area (Å²) in [5.41, 5.74) is 2.94. The lowest BCUT2D eigenvalue weighted by Crippen LogP contribution is -2.06. The smallest absolute Gasteiger partial charge is 0.307 e. The molecule has 3 nitrogen and oxygen atoms in total. The van der Waals surface area contributed by atoms with Gasteiger partial charge in [0.25, 0.3) is 0 Å². The van der Waals surface area contributed by atoms with Crippen molar-refractivity contribution in [2.75, 3.05) is 6.61 Å². The van der Waals surface area contributed by atoms with Crippen LogP contribution in [0.4, 0.5) is 0 Å². The summed E-state index contributed by atoms with van der Waals surface area (Å²) in [5, 5.41) is 8.90. The molecule has 0 spiro atoms. The maximum absolute atomic E-state index is 10.8. The van der Waals surface area contributed by atoms with Crippen LogP contribution in [0.15, 0.2) is 12.1 Å². The van der Waals surface area contributed by atoms with Gasteiger partial charge in [0.05, 0.1) is 13.0 Å². The second-order valence-corrected chi connectivity index (χ2v) is 4.89. The average molecular weight is 250 g/mol. The van der Waals surface area contributed by atoms with Crippen LogP contribution in [0.5, 0.6) is 5.75 Å². The minimum atomic E-state index is -0.796. The van der Waals surface area contributed by atoms with Gasteiger partial charge >= 0.3 is 5.97 Å². The Labute approximate surface area is 109 Å². The van der Waals surface area contributed by atoms with Crippen molar-refractivity contribution in [1.29, 1.82) is 0 Å². The molecule has 0 aromatic heterocycles. The Morgan fingerprint density at radius 1 is 1.39 bits per heavy atom. The van der Waals surface area contributed by atoms with Crippen LogP contribution in [0.2, 0.25) is 0 Å². The van der Waals surface area contributed by atoms with Crippen LogP contribution in [0, 0.1) is 6.92 Å². The molecule has 18 heavy (non-hydrogen) atoms. The predicted octanol–water partition coefficient (Wildman–Crippen LogP) is 3.53. The van der Waals surface area contributed by atoms with Crippen molar-refractivity contribution >= 4 is 5.97 Å². The van der Waals surface area contributed by atoms with E-state index in [9.17, 15) is 4.79 Å². The van der Waals surface area contributed by atoms with Crippen molar-refractivity contribution < 1.29 is 14.6 Å². The van der Waals surface area contributed by atoms with E-state index in [1.165, 1.54) is 0 Å². The zero-order valence-corrected chi connectivity index (χ0v) is 11.6. The molecule has 3 heteroatoms. The van der Waals surface area contributed by atoms with E-state index in [2.05, 4.69) is 20.8 Å². The second-order valence-electron chi connectivity index (χ2n) is 4.89. The van der Waals surface area contributed by atoms with E-state index in [0.29, 0.717) is 12.5 Å². The number of ether oxygens (including phenoxy) is 1. The molecule has 0 radical (unpaired) electrons. The first kappa shape index (κ1) is 14.6. The molecule has 0 aliphatic rings. The van der Waals surface area contributed by atoms with Crippen molar-refractivity contribution in [3.05, 3.63) is 28.8 Å². The highest BCUT2D eigenvalue weighted by Gasteiger charge is 2.13. The van der Waals surface area contributed by atoms with E-state index < -0.39 is 5.97 Å². The number of hydrogen-bond donors (Lipinski definition) is 1. The molecular formula is C15H22O3. The molecule has 1 N–H and O–H groups in total. The van der Waals surface area contributed by atoms with Gasteiger partial charge in [-0.2, -0.15) is 0 Å². The van der Waals surface area contributed by atoms with E-state index in [4.69, 9.17) is 9.84 Å². The highest BCUT2D eigenvalue weighted by Crippen LogP contribution is 2.30. The van der Waals surface area contributed by atoms with Gasteiger partial charge in [0.1, 0.15) is 5.75 Å². The number of aryl methyl sites for hydroxylation is 1. The summed E-state index contributed by atoms with van der Waals surface area (Å²) in [7, 11) is 0. The van der Waals surface area contributed by atoms with Gasteiger partial charge in [0.2, 0.25) is 0 Å². The van der Waals surface area contributed by atoms with E-state index in [0.717, 1.165) is 28.9 Å². The van der Waals surface area contributed by atoms with Crippen molar-refractivity contribution in [2.45, 2.75) is 46.5 Å². The molecule has 0 unspecified atom stereocenters. The maximum atomic E-state index is 10.8. The maximum Gasteiger partial charge on any atom is 0.307 e. The van der Waals surface area contributed by atoms with Crippen molar-refractivity contribution in [1.82, 2.24) is 0 Å². The standard InChI is InChI=1S/C15H22O3/c1-5-6-18-14-7-11(4)12(9-15(16)17)8-13(14)10(2)3/h7-8,10H,5-6,9H2,1-4H3,(H,16,17). The summed E-state index contributed by atoms with van der Waals surface area (Å²) >= 11 is 0. The van der Waals surface area contributed by atoms with E-state index in [-0.39, 0.29) is 6.42 Å². The van der Waals surface area contributed by atoms with Crippen LogP contribution in [-0.2, 0) is 11.2 Å². The largest absolute Gasteiger partial charge is 0.493 e. The fourth-order valence-corrected chi connectivity index (χ4v) is 1.89. The Morgan fingerprint density at radius 2 is 2.06 bits per heavy atom. The molecule has 1 aromatic carbocycles. The summed E-state index contributed by atoms with van der Waals surface area (Å²) in [6.07, 6.45) is 1.03. The zero-order chi connectivity index (χ0) is 13.7. The Bertz CT molecular complexity index is 422. The number of carboxylic acid groups (broad SMARTS) is 1. The molecule has 0 aliphatic heterocycles. The highest BCUT2D eigenvalue weighted by atomic mass is 16.5. The van der Waals surface area contributed by atoms with Crippen molar-refractivity contribution in [3.8, 4) is 5.75 Å². The lowest BCUT2D eigenvalue weighted by molar-refractivity contribution is -0.136.